The van der Waals surface area contributed by atoms with Crippen molar-refractivity contribution in [1.29, 1.82) is 0 Å². The third kappa shape index (κ3) is 4.87. The lowest BCUT2D eigenvalue weighted by molar-refractivity contribution is -0.127. The maximum Gasteiger partial charge on any atom is 0.232 e. The molecule has 1 unspecified atom stereocenters. The summed E-state index contributed by atoms with van der Waals surface area (Å²) >= 11 is 0. The molecule has 1 amide bonds. The minimum Gasteiger partial charge on any atom is -0.494 e. The smallest absolute Gasteiger partial charge is 0.232 e. The molecular formula is C24H27N3O3. The van der Waals surface area contributed by atoms with Crippen LogP contribution in [0.25, 0.3) is 11.4 Å². The minimum atomic E-state index is -0.0392. The molecule has 30 heavy (non-hydrogen) atoms. The highest BCUT2D eigenvalue weighted by Gasteiger charge is 2.34. The molecule has 1 aliphatic heterocycles. The molecule has 1 saturated heterocycles. The van der Waals surface area contributed by atoms with Crippen molar-refractivity contribution < 1.29 is 14.1 Å². The Balaban J connectivity index is 1.33. The normalized spacial score (nSPS) is 16.2. The van der Waals surface area contributed by atoms with Crippen molar-refractivity contribution in [3.05, 3.63) is 66.1 Å². The summed E-state index contributed by atoms with van der Waals surface area (Å²) in [7, 11) is 0. The number of hydrogen-bond acceptors (Lipinski definition) is 5. The molecule has 2 aromatic carbocycles. The Morgan fingerprint density at radius 2 is 1.93 bits per heavy atom. The fourth-order valence-corrected chi connectivity index (χ4v) is 3.71. The molecular weight excluding hydrogens is 378 g/mol. The van der Waals surface area contributed by atoms with E-state index in [1.165, 1.54) is 5.56 Å². The van der Waals surface area contributed by atoms with E-state index in [0.717, 1.165) is 37.1 Å². The highest BCUT2D eigenvalue weighted by atomic mass is 16.5. The number of aromatic nitrogens is 2. The number of hydrogen-bond donors (Lipinski definition) is 0. The highest BCUT2D eigenvalue weighted by molar-refractivity contribution is 5.79. The summed E-state index contributed by atoms with van der Waals surface area (Å²) in [6.07, 6.45) is 3.32. The number of rotatable bonds is 9. The number of amides is 1. The van der Waals surface area contributed by atoms with Gasteiger partial charge in [-0.1, -0.05) is 42.4 Å². The predicted molar refractivity (Wildman–Crippen MR) is 114 cm³/mol. The lowest BCUT2D eigenvalue weighted by atomic mass is 10.1. The summed E-state index contributed by atoms with van der Waals surface area (Å²) in [5, 5.41) is 4.12. The Kier molecular flexibility index (Phi) is 6.42. The van der Waals surface area contributed by atoms with Gasteiger partial charge in [0.2, 0.25) is 17.6 Å². The van der Waals surface area contributed by atoms with Crippen LogP contribution in [0.5, 0.6) is 5.75 Å². The third-order valence-electron chi connectivity index (χ3n) is 5.33. The monoisotopic (exact) mass is 405 g/mol. The van der Waals surface area contributed by atoms with E-state index in [4.69, 9.17) is 9.26 Å². The summed E-state index contributed by atoms with van der Waals surface area (Å²) in [5.74, 6) is 2.03. The van der Waals surface area contributed by atoms with Crippen molar-refractivity contribution in [2.45, 2.75) is 38.5 Å². The van der Waals surface area contributed by atoms with E-state index in [-0.39, 0.29) is 11.8 Å². The first kappa shape index (κ1) is 20.1. The van der Waals surface area contributed by atoms with Gasteiger partial charge in [-0.15, -0.1) is 0 Å². The molecule has 6 heteroatoms. The third-order valence-corrected chi connectivity index (χ3v) is 5.33. The average molecular weight is 405 g/mol. The van der Waals surface area contributed by atoms with Gasteiger partial charge in [0, 0.05) is 25.1 Å². The van der Waals surface area contributed by atoms with Crippen LogP contribution in [-0.2, 0) is 11.2 Å². The molecule has 4 rings (SSSR count). The molecule has 0 spiro atoms. The number of benzene rings is 2. The number of carbonyl (C=O) groups is 1. The van der Waals surface area contributed by atoms with Crippen LogP contribution in [0, 0.1) is 0 Å². The summed E-state index contributed by atoms with van der Waals surface area (Å²) in [5.41, 5.74) is 2.17. The van der Waals surface area contributed by atoms with Gasteiger partial charge >= 0.3 is 0 Å². The summed E-state index contributed by atoms with van der Waals surface area (Å²) in [6.45, 7) is 4.17. The maximum atomic E-state index is 12.4. The molecule has 1 atom stereocenters. The Bertz CT molecular complexity index is 953. The van der Waals surface area contributed by atoms with Crippen LogP contribution in [0.1, 0.15) is 43.6 Å². The van der Waals surface area contributed by atoms with E-state index in [1.54, 1.807) is 0 Å². The van der Waals surface area contributed by atoms with Crippen LogP contribution in [0.2, 0.25) is 0 Å². The van der Waals surface area contributed by atoms with Crippen molar-refractivity contribution in [1.82, 2.24) is 15.0 Å². The minimum absolute atomic E-state index is 0.0392. The molecule has 0 bridgehead atoms. The van der Waals surface area contributed by atoms with E-state index in [0.29, 0.717) is 31.3 Å². The van der Waals surface area contributed by atoms with Gasteiger partial charge in [-0.05, 0) is 49.1 Å². The Hall–Kier alpha value is -3.15. The van der Waals surface area contributed by atoms with Crippen molar-refractivity contribution in [3.63, 3.8) is 0 Å². The van der Waals surface area contributed by atoms with Gasteiger partial charge in [0.1, 0.15) is 5.75 Å². The summed E-state index contributed by atoms with van der Waals surface area (Å²) < 4.78 is 11.1. The molecule has 6 nitrogen and oxygen atoms in total. The number of ether oxygens (including phenoxy) is 1. The van der Waals surface area contributed by atoms with E-state index in [1.807, 2.05) is 47.4 Å². The van der Waals surface area contributed by atoms with Crippen molar-refractivity contribution in [2.75, 3.05) is 19.7 Å². The SMILES string of the molecule is CCCOc1ccc(-c2noc(C3CC(=O)N(CCCc4ccccc4)C3)n2)cc1. The Morgan fingerprint density at radius 3 is 2.70 bits per heavy atom. The predicted octanol–water partition coefficient (Wildman–Crippen LogP) is 4.47. The van der Waals surface area contributed by atoms with Crippen LogP contribution in [0.4, 0.5) is 0 Å². The van der Waals surface area contributed by atoms with E-state index in [2.05, 4.69) is 29.2 Å². The molecule has 0 radical (unpaired) electrons. The molecule has 1 aromatic heterocycles. The first-order chi connectivity index (χ1) is 14.7. The topological polar surface area (TPSA) is 68.5 Å². The molecule has 1 fully saturated rings. The first-order valence-corrected chi connectivity index (χ1v) is 10.6. The zero-order valence-corrected chi connectivity index (χ0v) is 17.3. The number of likely N-dealkylation sites (tertiary alicyclic amines) is 1. The zero-order chi connectivity index (χ0) is 20.8. The van der Waals surface area contributed by atoms with Gasteiger partial charge in [-0.3, -0.25) is 4.79 Å². The summed E-state index contributed by atoms with van der Waals surface area (Å²) in [4.78, 5) is 18.9. The molecule has 0 N–H and O–H groups in total. The van der Waals surface area contributed by atoms with Crippen LogP contribution >= 0.6 is 0 Å². The molecule has 3 aromatic rings. The lowest BCUT2D eigenvalue weighted by Crippen LogP contribution is -2.26. The molecule has 1 aliphatic rings. The Labute approximate surface area is 176 Å². The number of carbonyl (C=O) groups excluding carboxylic acids is 1. The maximum absolute atomic E-state index is 12.4. The van der Waals surface area contributed by atoms with Gasteiger partial charge in [-0.25, -0.2) is 0 Å². The fraction of sp³-hybridized carbons (Fsp3) is 0.375. The molecule has 2 heterocycles. The highest BCUT2D eigenvalue weighted by Crippen LogP contribution is 2.29. The van der Waals surface area contributed by atoms with Crippen LogP contribution in [0.15, 0.2) is 59.1 Å². The number of nitrogens with zero attached hydrogens (tertiary/aromatic N) is 3. The average Bonchev–Trinajstić information content (AvgIpc) is 3.41. The van der Waals surface area contributed by atoms with E-state index >= 15 is 0 Å². The largest absolute Gasteiger partial charge is 0.494 e. The van der Waals surface area contributed by atoms with Gasteiger partial charge < -0.3 is 14.2 Å². The van der Waals surface area contributed by atoms with Gasteiger partial charge in [0.05, 0.1) is 12.5 Å². The van der Waals surface area contributed by atoms with E-state index in [9.17, 15) is 4.79 Å². The molecule has 0 saturated carbocycles. The lowest BCUT2D eigenvalue weighted by Gasteiger charge is -2.15. The second kappa shape index (κ2) is 9.57. The van der Waals surface area contributed by atoms with Gasteiger partial charge in [0.25, 0.3) is 0 Å². The Morgan fingerprint density at radius 1 is 1.13 bits per heavy atom. The second-order valence-electron chi connectivity index (χ2n) is 7.66. The van der Waals surface area contributed by atoms with Gasteiger partial charge in [-0.2, -0.15) is 4.98 Å². The van der Waals surface area contributed by atoms with Crippen LogP contribution in [-0.4, -0.2) is 40.6 Å². The van der Waals surface area contributed by atoms with E-state index < -0.39 is 0 Å². The second-order valence-corrected chi connectivity index (χ2v) is 7.66. The van der Waals surface area contributed by atoms with Crippen LogP contribution < -0.4 is 4.74 Å². The van der Waals surface area contributed by atoms with Crippen molar-refractivity contribution >= 4 is 5.91 Å². The zero-order valence-electron chi connectivity index (χ0n) is 17.3. The quantitative estimate of drug-likeness (QED) is 0.525. The fourth-order valence-electron chi connectivity index (χ4n) is 3.71. The first-order valence-electron chi connectivity index (χ1n) is 10.6. The van der Waals surface area contributed by atoms with Crippen molar-refractivity contribution in [2.24, 2.45) is 0 Å². The number of aryl methyl sites for hydroxylation is 1. The molecule has 156 valence electrons. The van der Waals surface area contributed by atoms with Crippen molar-refractivity contribution in [3.8, 4) is 17.1 Å². The molecule has 0 aliphatic carbocycles. The van der Waals surface area contributed by atoms with Crippen LogP contribution in [0.3, 0.4) is 0 Å². The van der Waals surface area contributed by atoms with Gasteiger partial charge in [0.15, 0.2) is 0 Å². The summed E-state index contributed by atoms with van der Waals surface area (Å²) in [6, 6.07) is 18.0. The standard InChI is InChI=1S/C24H27N3O3/c1-2-15-29-21-12-10-19(11-13-21)23-25-24(30-26-23)20-16-22(28)27(17-20)14-6-9-18-7-4-3-5-8-18/h3-5,7-8,10-13,20H,2,6,9,14-17H2,1H3.